The van der Waals surface area contributed by atoms with Gasteiger partial charge in [-0.2, -0.15) is 0 Å². The summed E-state index contributed by atoms with van der Waals surface area (Å²) in [5.74, 6) is -1.48. The molecule has 0 rings (SSSR count). The van der Waals surface area contributed by atoms with Crippen LogP contribution in [-0.2, 0) is 42.2 Å². The smallest absolute Gasteiger partial charge is 0.462 e. The van der Waals surface area contributed by atoms with E-state index in [1.807, 2.05) is 0 Å². The van der Waals surface area contributed by atoms with Crippen LogP contribution in [0.3, 0.4) is 0 Å². The number of phosphoric acid groups is 1. The number of allylic oxidation sites excluding steroid dienone is 10. The largest absolute Gasteiger partial charge is 0.472 e. The van der Waals surface area contributed by atoms with Gasteiger partial charge >= 0.3 is 25.7 Å². The van der Waals surface area contributed by atoms with Crippen molar-refractivity contribution < 1.29 is 52.2 Å². The highest BCUT2D eigenvalue weighted by atomic mass is 31.2. The summed E-state index contributed by atoms with van der Waals surface area (Å²) < 4.78 is 39.7. The van der Waals surface area contributed by atoms with Crippen molar-refractivity contribution in [3.63, 3.8) is 0 Å². The van der Waals surface area contributed by atoms with Crippen molar-refractivity contribution in [2.75, 3.05) is 26.4 Å². The summed E-state index contributed by atoms with van der Waals surface area (Å²) in [6.45, 7) is 4.57. The summed E-state index contributed by atoms with van der Waals surface area (Å²) in [6.07, 6.45) is 67.4. The first-order valence-electron chi connectivity index (χ1n) is 32.2. The van der Waals surface area contributed by atoms with E-state index in [0.29, 0.717) is 19.3 Å². The minimum absolute atomic E-state index is 0.161. The van der Waals surface area contributed by atoms with Crippen LogP contribution in [0, 0.1) is 0 Å². The molecular formula is C66H119O11P. The molecule has 0 aromatic rings. The Kier molecular flexibility index (Phi) is 58.1. The molecule has 2 N–H and O–H groups in total. The van der Waals surface area contributed by atoms with E-state index in [2.05, 4.69) is 81.5 Å². The molecule has 0 spiro atoms. The van der Waals surface area contributed by atoms with E-state index in [-0.39, 0.29) is 25.9 Å². The van der Waals surface area contributed by atoms with E-state index in [9.17, 15) is 28.9 Å². The van der Waals surface area contributed by atoms with Crippen molar-refractivity contribution >= 4 is 25.7 Å². The fourth-order valence-electron chi connectivity index (χ4n) is 8.99. The number of hydrogen-bond donors (Lipinski definition) is 2. The molecule has 3 unspecified atom stereocenters. The Morgan fingerprint density at radius 2 is 0.654 bits per heavy atom. The molecule has 0 aliphatic carbocycles. The number of aliphatic hydroxyl groups excluding tert-OH is 1. The van der Waals surface area contributed by atoms with Crippen molar-refractivity contribution in [1.29, 1.82) is 0 Å². The van der Waals surface area contributed by atoms with Crippen LogP contribution in [0.5, 0.6) is 0 Å². The third-order valence-corrected chi connectivity index (χ3v) is 14.8. The van der Waals surface area contributed by atoms with E-state index in [1.165, 1.54) is 128 Å². The van der Waals surface area contributed by atoms with Gasteiger partial charge in [-0.05, 0) is 83.5 Å². The molecule has 0 heterocycles. The standard InChI is InChI=1S/C66H119O11P/c1-4-7-10-13-16-19-22-25-27-29-31-33-35-38-40-43-46-49-52-55-64(68)73-59-63(77-66(70)57-54-51-48-45-42-39-36-34-32-30-28-26-23-20-17-14-11-8-5-2)61-75-78(71,72)74-60-62(58-67)76-65(69)56-53-50-47-44-41-37-24-21-18-15-12-9-6-3/h12,15-16,19,21,24-25,27,31,33,62-63,67H,4-11,13-14,17-18,20,22-23,26,28-30,32,34-61H2,1-3H3,(H,71,72)/b15-12-,19-16-,24-21-,27-25-,33-31-. The highest BCUT2D eigenvalue weighted by Gasteiger charge is 2.28. The van der Waals surface area contributed by atoms with Gasteiger partial charge in [0.15, 0.2) is 6.10 Å². The number of carbonyl (C=O) groups excluding carboxylic acids is 3. The van der Waals surface area contributed by atoms with Crippen molar-refractivity contribution in [1.82, 2.24) is 0 Å². The van der Waals surface area contributed by atoms with E-state index >= 15 is 0 Å². The van der Waals surface area contributed by atoms with Crippen molar-refractivity contribution in [3.05, 3.63) is 60.8 Å². The minimum Gasteiger partial charge on any atom is -0.462 e. The van der Waals surface area contributed by atoms with Crippen LogP contribution >= 0.6 is 7.82 Å². The van der Waals surface area contributed by atoms with Crippen LogP contribution in [0.25, 0.3) is 0 Å². The van der Waals surface area contributed by atoms with Crippen molar-refractivity contribution in [3.8, 4) is 0 Å². The maximum atomic E-state index is 13.0. The first kappa shape index (κ1) is 75.2. The molecular weight excluding hydrogens is 1000 g/mol. The monoisotopic (exact) mass is 1120 g/mol. The Bertz CT molecular complexity index is 1540. The van der Waals surface area contributed by atoms with Crippen LogP contribution < -0.4 is 0 Å². The van der Waals surface area contributed by atoms with Gasteiger partial charge in [0, 0.05) is 19.3 Å². The SMILES string of the molecule is CCC/C=C\C/C=C\CCCCCCCC(=O)OC(CO)COP(=O)(O)OCC(COC(=O)CCCCCCCC/C=C\C/C=C\C/C=C\CCCCC)OC(=O)CCCCCCCCCCCCCCCCCCCCC. The van der Waals surface area contributed by atoms with Gasteiger partial charge in [0.25, 0.3) is 0 Å². The van der Waals surface area contributed by atoms with E-state index in [1.54, 1.807) is 0 Å². The van der Waals surface area contributed by atoms with Crippen LogP contribution in [0.2, 0.25) is 0 Å². The Balaban J connectivity index is 4.71. The van der Waals surface area contributed by atoms with Gasteiger partial charge in [-0.1, -0.05) is 261 Å². The summed E-state index contributed by atoms with van der Waals surface area (Å²) in [5.41, 5.74) is 0. The maximum absolute atomic E-state index is 13.0. The molecule has 78 heavy (non-hydrogen) atoms. The first-order chi connectivity index (χ1) is 38.2. The van der Waals surface area contributed by atoms with Gasteiger partial charge in [-0.15, -0.1) is 0 Å². The van der Waals surface area contributed by atoms with E-state index in [4.69, 9.17) is 23.3 Å². The number of rotatable bonds is 60. The van der Waals surface area contributed by atoms with E-state index < -0.39 is 57.8 Å². The second kappa shape index (κ2) is 60.3. The number of esters is 3. The Labute approximate surface area is 478 Å². The van der Waals surface area contributed by atoms with Crippen LogP contribution in [0.1, 0.15) is 303 Å². The number of unbranched alkanes of at least 4 members (excludes halogenated alkanes) is 33. The number of phosphoric ester groups is 1. The maximum Gasteiger partial charge on any atom is 0.472 e. The average molecular weight is 1120 g/mol. The molecule has 3 atom stereocenters. The van der Waals surface area contributed by atoms with Gasteiger partial charge in [0.05, 0.1) is 19.8 Å². The summed E-state index contributed by atoms with van der Waals surface area (Å²) in [6, 6.07) is 0. The number of carbonyl (C=O) groups is 3. The third-order valence-electron chi connectivity index (χ3n) is 13.9. The fourth-order valence-corrected chi connectivity index (χ4v) is 9.78. The van der Waals surface area contributed by atoms with Gasteiger partial charge in [0.1, 0.15) is 12.7 Å². The lowest BCUT2D eigenvalue weighted by Gasteiger charge is -2.21. The zero-order chi connectivity index (χ0) is 56.9. The first-order valence-corrected chi connectivity index (χ1v) is 33.7. The second-order valence-corrected chi connectivity index (χ2v) is 23.0. The molecule has 11 nitrogen and oxygen atoms in total. The average Bonchev–Trinajstić information content (AvgIpc) is 3.43. The normalized spacial score (nSPS) is 13.7. The summed E-state index contributed by atoms with van der Waals surface area (Å²) in [7, 11) is -4.76. The molecule has 0 saturated carbocycles. The zero-order valence-electron chi connectivity index (χ0n) is 50.4. The molecule has 0 saturated heterocycles. The zero-order valence-corrected chi connectivity index (χ0v) is 51.3. The molecule has 12 heteroatoms. The molecule has 0 radical (unpaired) electrons. The van der Waals surface area contributed by atoms with Gasteiger partial charge < -0.3 is 24.2 Å². The summed E-state index contributed by atoms with van der Waals surface area (Å²) in [4.78, 5) is 48.7. The van der Waals surface area contributed by atoms with Crippen LogP contribution in [0.4, 0.5) is 0 Å². The highest BCUT2D eigenvalue weighted by molar-refractivity contribution is 7.47. The molecule has 0 fully saturated rings. The number of aliphatic hydroxyl groups is 1. The predicted molar refractivity (Wildman–Crippen MR) is 325 cm³/mol. The Morgan fingerprint density at radius 3 is 1.04 bits per heavy atom. The lowest BCUT2D eigenvalue weighted by atomic mass is 10.0. The fraction of sp³-hybridized carbons (Fsp3) is 0.803. The molecule has 0 aromatic carbocycles. The highest BCUT2D eigenvalue weighted by Crippen LogP contribution is 2.43. The van der Waals surface area contributed by atoms with Crippen molar-refractivity contribution in [2.24, 2.45) is 0 Å². The molecule has 0 aliphatic heterocycles. The quantitative estimate of drug-likeness (QED) is 0.0197. The molecule has 0 amide bonds. The topological polar surface area (TPSA) is 155 Å². The lowest BCUT2D eigenvalue weighted by molar-refractivity contribution is -0.161. The van der Waals surface area contributed by atoms with Gasteiger partial charge in [-0.3, -0.25) is 23.4 Å². The summed E-state index contributed by atoms with van der Waals surface area (Å²) >= 11 is 0. The number of ether oxygens (including phenoxy) is 3. The van der Waals surface area contributed by atoms with Crippen LogP contribution in [-0.4, -0.2) is 66.5 Å². The Hall–Kier alpha value is -2.82. The lowest BCUT2D eigenvalue weighted by Crippen LogP contribution is -2.30. The molecule has 0 aromatic heterocycles. The summed E-state index contributed by atoms with van der Waals surface area (Å²) in [5, 5.41) is 9.83. The van der Waals surface area contributed by atoms with Gasteiger partial charge in [-0.25, -0.2) is 4.57 Å². The van der Waals surface area contributed by atoms with Crippen LogP contribution in [0.15, 0.2) is 60.8 Å². The van der Waals surface area contributed by atoms with Crippen molar-refractivity contribution in [2.45, 2.75) is 315 Å². The minimum atomic E-state index is -4.76. The third kappa shape index (κ3) is 57.9. The second-order valence-electron chi connectivity index (χ2n) is 21.6. The molecule has 0 bridgehead atoms. The van der Waals surface area contributed by atoms with Gasteiger partial charge in [0.2, 0.25) is 0 Å². The molecule has 0 aliphatic rings. The van der Waals surface area contributed by atoms with E-state index in [0.717, 1.165) is 116 Å². The molecule has 454 valence electrons. The Morgan fingerprint density at radius 1 is 0.359 bits per heavy atom. The predicted octanol–water partition coefficient (Wildman–Crippen LogP) is 19.5. The number of hydrogen-bond acceptors (Lipinski definition) is 10.